The highest BCUT2D eigenvalue weighted by Gasteiger charge is 2.19. The van der Waals surface area contributed by atoms with Crippen LogP contribution in [0.25, 0.3) is 0 Å². The van der Waals surface area contributed by atoms with Crippen molar-refractivity contribution < 1.29 is 19.5 Å². The molecule has 6 heteroatoms. The van der Waals surface area contributed by atoms with Gasteiger partial charge in [-0.3, -0.25) is 14.4 Å². The number of hydrogen-bond acceptors (Lipinski definition) is 3. The van der Waals surface area contributed by atoms with E-state index in [1.54, 1.807) is 30.3 Å². The second-order valence-corrected chi connectivity index (χ2v) is 4.56. The molecule has 1 rings (SSSR count). The highest BCUT2D eigenvalue weighted by Crippen LogP contribution is 2.14. The first-order valence-corrected chi connectivity index (χ1v) is 6.88. The molecular formula is C15H20N2O4. The number of anilines is 1. The normalized spacial score (nSPS) is 9.95. The van der Waals surface area contributed by atoms with Gasteiger partial charge in [0.05, 0.1) is 0 Å². The van der Waals surface area contributed by atoms with Gasteiger partial charge in [0.15, 0.2) is 0 Å². The van der Waals surface area contributed by atoms with Crippen molar-refractivity contribution in [3.8, 4) is 0 Å². The number of carboxylic acid groups (broad SMARTS) is 1. The molecule has 1 aromatic rings. The third-order valence-corrected chi connectivity index (χ3v) is 2.80. The standard InChI is InChI=1S/C15H20N2O4/c1-2-10-16-13(18)8-9-14(19)17(11-15(20)21)12-6-4-3-5-7-12/h3-7H,2,8-11H2,1H3,(H,16,18)(H,20,21). The number of amides is 2. The molecule has 0 aliphatic rings. The molecule has 6 nitrogen and oxygen atoms in total. The summed E-state index contributed by atoms with van der Waals surface area (Å²) in [6.07, 6.45) is 0.869. The molecule has 0 heterocycles. The molecule has 0 saturated carbocycles. The summed E-state index contributed by atoms with van der Waals surface area (Å²) in [5.41, 5.74) is 0.513. The van der Waals surface area contributed by atoms with Crippen molar-refractivity contribution in [2.24, 2.45) is 0 Å². The first kappa shape index (κ1) is 16.7. The van der Waals surface area contributed by atoms with Crippen molar-refractivity contribution in [3.05, 3.63) is 30.3 Å². The lowest BCUT2D eigenvalue weighted by molar-refractivity contribution is -0.136. The van der Waals surface area contributed by atoms with E-state index in [9.17, 15) is 14.4 Å². The van der Waals surface area contributed by atoms with Gasteiger partial charge in [0.1, 0.15) is 6.54 Å². The zero-order chi connectivity index (χ0) is 15.7. The first-order chi connectivity index (χ1) is 10.0. The minimum Gasteiger partial charge on any atom is -0.480 e. The number of hydrogen-bond donors (Lipinski definition) is 2. The Kier molecular flexibility index (Phi) is 6.94. The Hall–Kier alpha value is -2.37. The lowest BCUT2D eigenvalue weighted by atomic mass is 10.2. The van der Waals surface area contributed by atoms with Gasteiger partial charge in [-0.1, -0.05) is 25.1 Å². The Labute approximate surface area is 123 Å². The van der Waals surface area contributed by atoms with Gasteiger partial charge in [0.25, 0.3) is 0 Å². The van der Waals surface area contributed by atoms with Crippen LogP contribution in [0.3, 0.4) is 0 Å². The molecule has 1 aromatic carbocycles. The largest absolute Gasteiger partial charge is 0.480 e. The lowest BCUT2D eigenvalue weighted by Gasteiger charge is -2.20. The average molecular weight is 292 g/mol. The minimum atomic E-state index is -1.09. The van der Waals surface area contributed by atoms with E-state index < -0.39 is 12.5 Å². The van der Waals surface area contributed by atoms with Crippen molar-refractivity contribution in [2.75, 3.05) is 18.0 Å². The van der Waals surface area contributed by atoms with Crippen LogP contribution >= 0.6 is 0 Å². The molecule has 2 amide bonds. The molecule has 2 N–H and O–H groups in total. The van der Waals surface area contributed by atoms with E-state index in [4.69, 9.17) is 5.11 Å². The lowest BCUT2D eigenvalue weighted by Crippen LogP contribution is -2.36. The molecule has 0 fully saturated rings. The summed E-state index contributed by atoms with van der Waals surface area (Å²) in [4.78, 5) is 35.7. The van der Waals surface area contributed by atoms with Crippen LogP contribution in [0.2, 0.25) is 0 Å². The molecule has 0 bridgehead atoms. The number of carbonyl (C=O) groups is 3. The summed E-state index contributed by atoms with van der Waals surface area (Å²) in [6.45, 7) is 2.10. The van der Waals surface area contributed by atoms with Crippen LogP contribution < -0.4 is 10.2 Å². The first-order valence-electron chi connectivity index (χ1n) is 6.88. The van der Waals surface area contributed by atoms with Crippen LogP contribution in [-0.4, -0.2) is 36.0 Å². The zero-order valence-electron chi connectivity index (χ0n) is 12.0. The fourth-order valence-electron chi connectivity index (χ4n) is 1.77. The van der Waals surface area contributed by atoms with E-state index in [-0.39, 0.29) is 24.7 Å². The average Bonchev–Trinajstić information content (AvgIpc) is 2.48. The number of nitrogens with one attached hydrogen (secondary N) is 1. The maximum Gasteiger partial charge on any atom is 0.323 e. The fourth-order valence-corrected chi connectivity index (χ4v) is 1.77. The quantitative estimate of drug-likeness (QED) is 0.758. The van der Waals surface area contributed by atoms with E-state index >= 15 is 0 Å². The number of para-hydroxylation sites is 1. The molecule has 0 aliphatic heterocycles. The summed E-state index contributed by atoms with van der Waals surface area (Å²) < 4.78 is 0. The smallest absolute Gasteiger partial charge is 0.323 e. The van der Waals surface area contributed by atoms with Crippen molar-refractivity contribution in [1.82, 2.24) is 5.32 Å². The monoisotopic (exact) mass is 292 g/mol. The van der Waals surface area contributed by atoms with Gasteiger partial charge in [-0.25, -0.2) is 0 Å². The van der Waals surface area contributed by atoms with E-state index in [1.807, 2.05) is 6.92 Å². The van der Waals surface area contributed by atoms with Crippen molar-refractivity contribution in [3.63, 3.8) is 0 Å². The summed E-state index contributed by atoms with van der Waals surface area (Å²) >= 11 is 0. The van der Waals surface area contributed by atoms with Crippen LogP contribution in [0.4, 0.5) is 5.69 Å². The third-order valence-electron chi connectivity index (χ3n) is 2.80. The van der Waals surface area contributed by atoms with Crippen molar-refractivity contribution in [2.45, 2.75) is 26.2 Å². The van der Waals surface area contributed by atoms with Gasteiger partial charge in [0, 0.05) is 25.1 Å². The fraction of sp³-hybridized carbons (Fsp3) is 0.400. The molecule has 0 spiro atoms. The summed E-state index contributed by atoms with van der Waals surface area (Å²) in [6, 6.07) is 8.57. The summed E-state index contributed by atoms with van der Waals surface area (Å²) in [5.74, 6) is -1.67. The molecule has 0 radical (unpaired) electrons. The highest BCUT2D eigenvalue weighted by atomic mass is 16.4. The van der Waals surface area contributed by atoms with Gasteiger partial charge in [-0.2, -0.15) is 0 Å². The van der Waals surface area contributed by atoms with Crippen molar-refractivity contribution in [1.29, 1.82) is 0 Å². The number of carboxylic acids is 1. The maximum absolute atomic E-state index is 12.1. The van der Waals surface area contributed by atoms with Gasteiger partial charge >= 0.3 is 5.97 Å². The van der Waals surface area contributed by atoms with Crippen molar-refractivity contribution >= 4 is 23.5 Å². The van der Waals surface area contributed by atoms with Gasteiger partial charge in [-0.15, -0.1) is 0 Å². The zero-order valence-corrected chi connectivity index (χ0v) is 12.0. The van der Waals surface area contributed by atoms with E-state index in [1.165, 1.54) is 4.90 Å². The molecule has 21 heavy (non-hydrogen) atoms. The summed E-state index contributed by atoms with van der Waals surface area (Å²) in [5, 5.41) is 11.6. The van der Waals surface area contributed by atoms with Crippen LogP contribution in [0.5, 0.6) is 0 Å². The molecule has 0 aromatic heterocycles. The number of nitrogens with zero attached hydrogens (tertiary/aromatic N) is 1. The number of rotatable bonds is 8. The Morgan fingerprint density at radius 2 is 1.81 bits per heavy atom. The maximum atomic E-state index is 12.1. The van der Waals surface area contributed by atoms with E-state index in [0.29, 0.717) is 12.2 Å². The Morgan fingerprint density at radius 3 is 2.38 bits per heavy atom. The van der Waals surface area contributed by atoms with Crippen LogP contribution in [0, 0.1) is 0 Å². The number of benzene rings is 1. The molecule has 0 saturated heterocycles. The Morgan fingerprint density at radius 1 is 1.14 bits per heavy atom. The predicted molar refractivity (Wildman–Crippen MR) is 79.0 cm³/mol. The molecule has 0 aliphatic carbocycles. The second kappa shape index (κ2) is 8.73. The topological polar surface area (TPSA) is 86.7 Å². The van der Waals surface area contributed by atoms with Crippen LogP contribution in [-0.2, 0) is 14.4 Å². The molecular weight excluding hydrogens is 272 g/mol. The Balaban J connectivity index is 2.64. The SMILES string of the molecule is CCCNC(=O)CCC(=O)N(CC(=O)O)c1ccccc1. The number of carbonyl (C=O) groups excluding carboxylic acids is 2. The number of aliphatic carboxylic acids is 1. The molecule has 0 atom stereocenters. The van der Waals surface area contributed by atoms with Crippen LogP contribution in [0.1, 0.15) is 26.2 Å². The second-order valence-electron chi connectivity index (χ2n) is 4.56. The summed E-state index contributed by atoms with van der Waals surface area (Å²) in [7, 11) is 0. The van der Waals surface area contributed by atoms with Gasteiger partial charge in [-0.05, 0) is 18.6 Å². The highest BCUT2D eigenvalue weighted by molar-refractivity contribution is 5.98. The van der Waals surface area contributed by atoms with Crippen LogP contribution in [0.15, 0.2) is 30.3 Å². The molecule has 114 valence electrons. The molecule has 0 unspecified atom stereocenters. The predicted octanol–water partition coefficient (Wildman–Crippen LogP) is 1.41. The van der Waals surface area contributed by atoms with Gasteiger partial charge < -0.3 is 15.3 Å². The van der Waals surface area contributed by atoms with E-state index in [0.717, 1.165) is 6.42 Å². The Bertz CT molecular complexity index is 488. The van der Waals surface area contributed by atoms with E-state index in [2.05, 4.69) is 5.32 Å². The third kappa shape index (κ3) is 6.07. The minimum absolute atomic E-state index is 0.0161. The van der Waals surface area contributed by atoms with Gasteiger partial charge in [0.2, 0.25) is 11.8 Å².